The predicted molar refractivity (Wildman–Crippen MR) is 134 cm³/mol. The molecule has 2 aromatic heterocycles. The highest BCUT2D eigenvalue weighted by Gasteiger charge is 2.18. The number of anilines is 1. The lowest BCUT2D eigenvalue weighted by Gasteiger charge is -2.04. The zero-order valence-electron chi connectivity index (χ0n) is 18.4. The summed E-state index contributed by atoms with van der Waals surface area (Å²) in [5, 5.41) is 3.95. The molecule has 1 amide bonds. The summed E-state index contributed by atoms with van der Waals surface area (Å²) in [4.78, 5) is 38.1. The van der Waals surface area contributed by atoms with Gasteiger partial charge in [-0.05, 0) is 18.6 Å². The number of thiazole rings is 1. The SMILES string of the molecule is Cc1nc(NC(=O)CCSc2cc(-c3ccccc3)ncn2)sc1C(=O)OCc1ccccc1. The van der Waals surface area contributed by atoms with Crippen LogP contribution in [0.4, 0.5) is 5.13 Å². The third-order valence-corrected chi connectivity index (χ3v) is 6.71. The summed E-state index contributed by atoms with van der Waals surface area (Å²) in [7, 11) is 0. The number of rotatable bonds is 9. The molecule has 34 heavy (non-hydrogen) atoms. The maximum absolute atomic E-state index is 12.4. The number of carbonyl (C=O) groups is 2. The van der Waals surface area contributed by atoms with Gasteiger partial charge < -0.3 is 10.1 Å². The number of hydrogen-bond donors (Lipinski definition) is 1. The van der Waals surface area contributed by atoms with Crippen molar-refractivity contribution in [2.45, 2.75) is 25.0 Å². The van der Waals surface area contributed by atoms with Crippen LogP contribution in [0.3, 0.4) is 0 Å². The minimum Gasteiger partial charge on any atom is -0.457 e. The molecule has 2 aromatic carbocycles. The van der Waals surface area contributed by atoms with Crippen LogP contribution in [0, 0.1) is 6.92 Å². The van der Waals surface area contributed by atoms with Crippen molar-refractivity contribution in [2.24, 2.45) is 0 Å². The van der Waals surface area contributed by atoms with E-state index in [2.05, 4.69) is 20.3 Å². The minimum absolute atomic E-state index is 0.178. The Morgan fingerprint density at radius 1 is 1.03 bits per heavy atom. The summed E-state index contributed by atoms with van der Waals surface area (Å²) in [6, 6.07) is 21.2. The molecule has 4 rings (SSSR count). The van der Waals surface area contributed by atoms with Gasteiger partial charge in [0.25, 0.3) is 0 Å². The van der Waals surface area contributed by atoms with Crippen molar-refractivity contribution in [3.05, 3.63) is 89.2 Å². The molecule has 0 saturated carbocycles. The summed E-state index contributed by atoms with van der Waals surface area (Å²) in [6.07, 6.45) is 1.81. The van der Waals surface area contributed by atoms with Gasteiger partial charge in [-0.15, -0.1) is 11.8 Å². The number of benzene rings is 2. The Bertz CT molecular complexity index is 1260. The molecule has 0 aliphatic carbocycles. The molecule has 0 atom stereocenters. The maximum atomic E-state index is 12.4. The molecule has 0 radical (unpaired) electrons. The Kier molecular flexibility index (Phi) is 8.00. The molecule has 7 nitrogen and oxygen atoms in total. The van der Waals surface area contributed by atoms with Crippen molar-refractivity contribution in [3.63, 3.8) is 0 Å². The normalized spacial score (nSPS) is 10.6. The summed E-state index contributed by atoms with van der Waals surface area (Å²) in [5.74, 6) is -0.0800. The van der Waals surface area contributed by atoms with Crippen molar-refractivity contribution in [1.82, 2.24) is 15.0 Å². The Morgan fingerprint density at radius 2 is 1.76 bits per heavy atom. The zero-order valence-corrected chi connectivity index (χ0v) is 20.1. The fourth-order valence-corrected chi connectivity index (χ4v) is 4.73. The Balaban J connectivity index is 1.26. The van der Waals surface area contributed by atoms with E-state index in [9.17, 15) is 9.59 Å². The third-order valence-electron chi connectivity index (χ3n) is 4.73. The van der Waals surface area contributed by atoms with Crippen LogP contribution < -0.4 is 5.32 Å². The molecule has 0 spiro atoms. The number of thioether (sulfide) groups is 1. The smallest absolute Gasteiger partial charge is 0.350 e. The van der Waals surface area contributed by atoms with Gasteiger partial charge in [-0.25, -0.2) is 19.7 Å². The van der Waals surface area contributed by atoms with Crippen molar-refractivity contribution in [2.75, 3.05) is 11.1 Å². The molecule has 1 N–H and O–H groups in total. The summed E-state index contributed by atoms with van der Waals surface area (Å²) < 4.78 is 5.37. The average Bonchev–Trinajstić information content (AvgIpc) is 3.23. The lowest BCUT2D eigenvalue weighted by Crippen LogP contribution is -2.12. The van der Waals surface area contributed by atoms with E-state index in [-0.39, 0.29) is 18.9 Å². The van der Waals surface area contributed by atoms with Gasteiger partial charge in [0, 0.05) is 17.7 Å². The van der Waals surface area contributed by atoms with Crippen LogP contribution in [0.15, 0.2) is 78.1 Å². The van der Waals surface area contributed by atoms with Crippen LogP contribution in [0.25, 0.3) is 11.3 Å². The van der Waals surface area contributed by atoms with Gasteiger partial charge in [0.1, 0.15) is 17.8 Å². The number of esters is 1. The number of carbonyl (C=O) groups excluding carboxylic acids is 2. The fourth-order valence-electron chi connectivity index (χ4n) is 3.04. The quantitative estimate of drug-likeness (QED) is 0.191. The number of nitrogens with zero attached hydrogens (tertiary/aromatic N) is 3. The number of aryl methyl sites for hydroxylation is 1. The van der Waals surface area contributed by atoms with E-state index in [0.29, 0.717) is 21.5 Å². The Labute approximate surface area is 205 Å². The molecule has 0 unspecified atom stereocenters. The second-order valence-corrected chi connectivity index (χ2v) is 9.36. The van der Waals surface area contributed by atoms with Gasteiger partial charge in [-0.1, -0.05) is 72.0 Å². The number of nitrogens with one attached hydrogen (secondary N) is 1. The number of amides is 1. The molecule has 2 heterocycles. The minimum atomic E-state index is -0.451. The Hall–Kier alpha value is -3.56. The molecule has 0 fully saturated rings. The van der Waals surface area contributed by atoms with E-state index < -0.39 is 5.97 Å². The number of ether oxygens (including phenoxy) is 1. The predicted octanol–water partition coefficient (Wildman–Crippen LogP) is 5.39. The zero-order chi connectivity index (χ0) is 23.8. The van der Waals surface area contributed by atoms with Crippen LogP contribution in [0.5, 0.6) is 0 Å². The summed E-state index contributed by atoms with van der Waals surface area (Å²) >= 11 is 2.60. The monoisotopic (exact) mass is 490 g/mol. The first-order chi connectivity index (χ1) is 16.6. The van der Waals surface area contributed by atoms with Gasteiger partial charge >= 0.3 is 5.97 Å². The standard InChI is InChI=1S/C25H22N4O3S2/c1-17-23(24(31)32-15-18-8-4-2-5-9-18)34-25(28-17)29-21(30)12-13-33-22-14-20(26-16-27-22)19-10-6-3-7-11-19/h2-11,14,16H,12-13,15H2,1H3,(H,28,29,30). The van der Waals surface area contributed by atoms with Crippen LogP contribution in [-0.4, -0.2) is 32.6 Å². The number of hydrogen-bond acceptors (Lipinski definition) is 8. The topological polar surface area (TPSA) is 94.1 Å². The van der Waals surface area contributed by atoms with Crippen LogP contribution in [0.1, 0.15) is 27.3 Å². The van der Waals surface area contributed by atoms with Crippen LogP contribution in [-0.2, 0) is 16.1 Å². The van der Waals surface area contributed by atoms with E-state index in [1.807, 2.05) is 66.7 Å². The largest absolute Gasteiger partial charge is 0.457 e. The van der Waals surface area contributed by atoms with Gasteiger partial charge in [-0.2, -0.15) is 0 Å². The van der Waals surface area contributed by atoms with E-state index in [4.69, 9.17) is 4.74 Å². The summed E-state index contributed by atoms with van der Waals surface area (Å²) in [6.45, 7) is 1.91. The van der Waals surface area contributed by atoms with E-state index in [1.165, 1.54) is 18.1 Å². The van der Waals surface area contributed by atoms with Gasteiger partial charge in [-0.3, -0.25) is 4.79 Å². The molecular formula is C25H22N4O3S2. The van der Waals surface area contributed by atoms with Crippen molar-refractivity contribution in [1.29, 1.82) is 0 Å². The molecular weight excluding hydrogens is 468 g/mol. The molecule has 0 bridgehead atoms. The van der Waals surface area contributed by atoms with E-state index in [0.717, 1.165) is 33.2 Å². The van der Waals surface area contributed by atoms with Crippen molar-refractivity contribution < 1.29 is 14.3 Å². The molecule has 0 saturated heterocycles. The molecule has 0 aliphatic heterocycles. The Morgan fingerprint density at radius 3 is 2.53 bits per heavy atom. The highest BCUT2D eigenvalue weighted by atomic mass is 32.2. The first kappa shape index (κ1) is 23.6. The molecule has 4 aromatic rings. The molecule has 172 valence electrons. The highest BCUT2D eigenvalue weighted by Crippen LogP contribution is 2.25. The maximum Gasteiger partial charge on any atom is 0.350 e. The second kappa shape index (κ2) is 11.5. The third kappa shape index (κ3) is 6.49. The average molecular weight is 491 g/mol. The number of aromatic nitrogens is 3. The van der Waals surface area contributed by atoms with Gasteiger partial charge in [0.15, 0.2) is 5.13 Å². The lowest BCUT2D eigenvalue weighted by atomic mass is 10.1. The van der Waals surface area contributed by atoms with E-state index >= 15 is 0 Å². The van der Waals surface area contributed by atoms with Crippen LogP contribution in [0.2, 0.25) is 0 Å². The molecule has 0 aliphatic rings. The lowest BCUT2D eigenvalue weighted by molar-refractivity contribution is -0.115. The van der Waals surface area contributed by atoms with Gasteiger partial charge in [0.05, 0.1) is 16.4 Å². The fraction of sp³-hybridized carbons (Fsp3) is 0.160. The van der Waals surface area contributed by atoms with Crippen LogP contribution >= 0.6 is 23.1 Å². The van der Waals surface area contributed by atoms with Gasteiger partial charge in [0.2, 0.25) is 5.91 Å². The van der Waals surface area contributed by atoms with E-state index in [1.54, 1.807) is 6.92 Å². The van der Waals surface area contributed by atoms with Crippen molar-refractivity contribution >= 4 is 40.1 Å². The molecule has 9 heteroatoms. The second-order valence-electron chi connectivity index (χ2n) is 7.25. The van der Waals surface area contributed by atoms with Crippen molar-refractivity contribution in [3.8, 4) is 11.3 Å². The highest BCUT2D eigenvalue weighted by molar-refractivity contribution is 7.99. The first-order valence-corrected chi connectivity index (χ1v) is 12.4. The summed E-state index contributed by atoms with van der Waals surface area (Å²) in [5.41, 5.74) is 3.29. The first-order valence-electron chi connectivity index (χ1n) is 10.6.